The van der Waals surface area contributed by atoms with Crippen LogP contribution in [-0.4, -0.2) is 14.8 Å². The SMILES string of the molecule is CCn1c(CCl)nnc1-c1cc(F)cc(Br)c1. The molecular formula is C11H10BrClFN3. The zero-order valence-corrected chi connectivity index (χ0v) is 11.5. The van der Waals surface area contributed by atoms with Gasteiger partial charge in [0.15, 0.2) is 5.82 Å². The second kappa shape index (κ2) is 5.14. The third-order valence-corrected chi connectivity index (χ3v) is 3.08. The van der Waals surface area contributed by atoms with Gasteiger partial charge in [0.2, 0.25) is 0 Å². The van der Waals surface area contributed by atoms with Crippen LogP contribution >= 0.6 is 27.5 Å². The van der Waals surface area contributed by atoms with E-state index in [1.807, 2.05) is 11.5 Å². The lowest BCUT2D eigenvalue weighted by molar-refractivity contribution is 0.627. The fraction of sp³-hybridized carbons (Fsp3) is 0.273. The highest BCUT2D eigenvalue weighted by Crippen LogP contribution is 2.24. The van der Waals surface area contributed by atoms with E-state index in [4.69, 9.17) is 11.6 Å². The Kier molecular flexibility index (Phi) is 3.79. The Bertz CT molecular complexity index is 521. The van der Waals surface area contributed by atoms with Crippen LogP contribution in [-0.2, 0) is 12.4 Å². The average Bonchev–Trinajstić information content (AvgIpc) is 2.70. The fourth-order valence-corrected chi connectivity index (χ4v) is 2.33. The monoisotopic (exact) mass is 317 g/mol. The summed E-state index contributed by atoms with van der Waals surface area (Å²) in [7, 11) is 0. The maximum absolute atomic E-state index is 13.3. The van der Waals surface area contributed by atoms with E-state index in [9.17, 15) is 4.39 Å². The minimum atomic E-state index is -0.313. The van der Waals surface area contributed by atoms with Crippen molar-refractivity contribution in [2.45, 2.75) is 19.3 Å². The molecule has 0 saturated carbocycles. The first kappa shape index (κ1) is 12.5. The van der Waals surface area contributed by atoms with Gasteiger partial charge in [0.25, 0.3) is 0 Å². The molecule has 0 bridgehead atoms. The summed E-state index contributed by atoms with van der Waals surface area (Å²) in [6.45, 7) is 2.66. The van der Waals surface area contributed by atoms with Crippen molar-refractivity contribution < 1.29 is 4.39 Å². The molecule has 17 heavy (non-hydrogen) atoms. The minimum absolute atomic E-state index is 0.289. The second-order valence-electron chi connectivity index (χ2n) is 3.48. The van der Waals surface area contributed by atoms with Gasteiger partial charge in [-0.25, -0.2) is 4.39 Å². The first-order valence-corrected chi connectivity index (χ1v) is 6.43. The molecule has 0 aliphatic heterocycles. The van der Waals surface area contributed by atoms with Crippen molar-refractivity contribution >= 4 is 27.5 Å². The van der Waals surface area contributed by atoms with Crippen molar-refractivity contribution in [2.75, 3.05) is 0 Å². The molecule has 3 nitrogen and oxygen atoms in total. The van der Waals surface area contributed by atoms with Crippen LogP contribution < -0.4 is 0 Å². The van der Waals surface area contributed by atoms with Gasteiger partial charge in [0.1, 0.15) is 11.6 Å². The largest absolute Gasteiger partial charge is 0.310 e. The predicted molar refractivity (Wildman–Crippen MR) is 68.3 cm³/mol. The van der Waals surface area contributed by atoms with Crippen molar-refractivity contribution in [1.29, 1.82) is 0 Å². The van der Waals surface area contributed by atoms with E-state index in [0.29, 0.717) is 28.2 Å². The first-order chi connectivity index (χ1) is 8.15. The zero-order valence-electron chi connectivity index (χ0n) is 9.12. The number of hydrogen-bond acceptors (Lipinski definition) is 2. The summed E-state index contributed by atoms with van der Waals surface area (Å²) in [5.74, 6) is 1.29. The quantitative estimate of drug-likeness (QED) is 0.810. The molecule has 0 unspecified atom stereocenters. The highest BCUT2D eigenvalue weighted by atomic mass is 79.9. The first-order valence-electron chi connectivity index (χ1n) is 5.10. The molecule has 0 amide bonds. The highest BCUT2D eigenvalue weighted by molar-refractivity contribution is 9.10. The summed E-state index contributed by atoms with van der Waals surface area (Å²) >= 11 is 9.02. The Morgan fingerprint density at radius 1 is 1.35 bits per heavy atom. The van der Waals surface area contributed by atoms with E-state index in [2.05, 4.69) is 26.1 Å². The van der Waals surface area contributed by atoms with Crippen molar-refractivity contribution in [2.24, 2.45) is 0 Å². The molecule has 2 aromatic rings. The van der Waals surface area contributed by atoms with Crippen molar-refractivity contribution in [3.05, 3.63) is 34.3 Å². The lowest BCUT2D eigenvalue weighted by Crippen LogP contribution is -2.02. The van der Waals surface area contributed by atoms with Gasteiger partial charge in [-0.05, 0) is 25.1 Å². The Labute approximate surface area is 112 Å². The molecule has 90 valence electrons. The Morgan fingerprint density at radius 2 is 2.12 bits per heavy atom. The number of aromatic nitrogens is 3. The molecule has 0 radical (unpaired) electrons. The predicted octanol–water partition coefficient (Wildman–Crippen LogP) is 3.61. The van der Waals surface area contributed by atoms with E-state index in [1.54, 1.807) is 6.07 Å². The van der Waals surface area contributed by atoms with Crippen LogP contribution in [0, 0.1) is 5.82 Å². The van der Waals surface area contributed by atoms with Gasteiger partial charge in [-0.3, -0.25) is 0 Å². The molecule has 0 saturated heterocycles. The molecule has 0 N–H and O–H groups in total. The maximum atomic E-state index is 13.3. The molecule has 2 rings (SSSR count). The number of hydrogen-bond donors (Lipinski definition) is 0. The molecule has 0 aliphatic carbocycles. The van der Waals surface area contributed by atoms with Crippen molar-refractivity contribution in [3.63, 3.8) is 0 Å². The topological polar surface area (TPSA) is 30.7 Å². The van der Waals surface area contributed by atoms with Crippen LogP contribution in [0.2, 0.25) is 0 Å². The smallest absolute Gasteiger partial charge is 0.164 e. The summed E-state index contributed by atoms with van der Waals surface area (Å²) in [5.41, 5.74) is 0.683. The number of rotatable bonds is 3. The van der Waals surface area contributed by atoms with Gasteiger partial charge in [0.05, 0.1) is 5.88 Å². The van der Waals surface area contributed by atoms with Crippen LogP contribution in [0.1, 0.15) is 12.7 Å². The lowest BCUT2D eigenvalue weighted by atomic mass is 10.2. The van der Waals surface area contributed by atoms with Crippen molar-refractivity contribution in [1.82, 2.24) is 14.8 Å². The maximum Gasteiger partial charge on any atom is 0.164 e. The summed E-state index contributed by atoms with van der Waals surface area (Å²) in [6.07, 6.45) is 0. The number of benzene rings is 1. The van der Waals surface area contributed by atoms with E-state index >= 15 is 0 Å². The van der Waals surface area contributed by atoms with Gasteiger partial charge in [-0.15, -0.1) is 21.8 Å². The normalized spacial score (nSPS) is 10.8. The zero-order chi connectivity index (χ0) is 12.4. The van der Waals surface area contributed by atoms with Crippen LogP contribution in [0.3, 0.4) is 0 Å². The van der Waals surface area contributed by atoms with E-state index < -0.39 is 0 Å². The Hall–Kier alpha value is -0.940. The van der Waals surface area contributed by atoms with Crippen molar-refractivity contribution in [3.8, 4) is 11.4 Å². The molecule has 1 aromatic carbocycles. The minimum Gasteiger partial charge on any atom is -0.310 e. The van der Waals surface area contributed by atoms with Crippen LogP contribution in [0.4, 0.5) is 4.39 Å². The molecular weight excluding hydrogens is 308 g/mol. The van der Waals surface area contributed by atoms with Gasteiger partial charge >= 0.3 is 0 Å². The number of nitrogens with zero attached hydrogens (tertiary/aromatic N) is 3. The van der Waals surface area contributed by atoms with E-state index in [1.165, 1.54) is 12.1 Å². The van der Waals surface area contributed by atoms with Crippen LogP contribution in [0.25, 0.3) is 11.4 Å². The second-order valence-corrected chi connectivity index (χ2v) is 4.66. The Balaban J connectivity index is 2.55. The standard InChI is InChI=1S/C11H10BrClFN3/c1-2-17-10(6-13)15-16-11(17)7-3-8(12)5-9(14)4-7/h3-5H,2,6H2,1H3. The molecule has 1 aromatic heterocycles. The molecule has 0 spiro atoms. The van der Waals surface area contributed by atoms with E-state index in [0.717, 1.165) is 0 Å². The Morgan fingerprint density at radius 3 is 2.71 bits per heavy atom. The van der Waals surface area contributed by atoms with Gasteiger partial charge < -0.3 is 4.57 Å². The van der Waals surface area contributed by atoms with Gasteiger partial charge in [-0.2, -0.15) is 0 Å². The van der Waals surface area contributed by atoms with Gasteiger partial charge in [-0.1, -0.05) is 15.9 Å². The number of halogens is 3. The summed E-state index contributed by atoms with van der Waals surface area (Å²) in [6, 6.07) is 4.63. The van der Waals surface area contributed by atoms with Crippen LogP contribution in [0.5, 0.6) is 0 Å². The molecule has 0 atom stereocenters. The molecule has 0 fully saturated rings. The van der Waals surface area contributed by atoms with Gasteiger partial charge in [0, 0.05) is 16.6 Å². The highest BCUT2D eigenvalue weighted by Gasteiger charge is 2.12. The molecule has 0 aliphatic rings. The lowest BCUT2D eigenvalue weighted by Gasteiger charge is -2.06. The van der Waals surface area contributed by atoms with Crippen LogP contribution in [0.15, 0.2) is 22.7 Å². The van der Waals surface area contributed by atoms with E-state index in [-0.39, 0.29) is 11.7 Å². The summed E-state index contributed by atoms with van der Waals surface area (Å²) in [5, 5.41) is 8.04. The molecule has 1 heterocycles. The third-order valence-electron chi connectivity index (χ3n) is 2.38. The fourth-order valence-electron chi connectivity index (χ4n) is 1.66. The molecule has 6 heteroatoms. The summed E-state index contributed by atoms with van der Waals surface area (Å²) in [4.78, 5) is 0. The average molecular weight is 319 g/mol. The number of alkyl halides is 1. The third kappa shape index (κ3) is 2.50. The summed E-state index contributed by atoms with van der Waals surface area (Å²) < 4.78 is 15.9.